The second kappa shape index (κ2) is 60.5. The quantitative estimate of drug-likeness (QED) is 0.0153. The molecule has 1 aliphatic rings. The minimum Gasteiger partial charge on any atom is -0.481 e. The zero-order valence-electron chi connectivity index (χ0n) is 69.0. The van der Waals surface area contributed by atoms with Crippen LogP contribution in [0.4, 0.5) is 0 Å². The standard InChI is InChI=1S/C70H131N35O17/c1-38(106)94-37-52(109)95-39(15-6-29-88-65(75)76)55(113)96-40(13-2-4-27-71)56(114)97-41(14-3-5-28-72)57(115)98-42(16-7-30-89-66(77)78)58(116)99-44(18-9-32-91-68(81)82)60(118)102-47(23-25-51(74)108)62(120)101-43(17-8-31-90-67(79)80)59(117)100-45(19-10-33-92-69(83)84)61(119)104-48(20-11-34-93-70(85)86)64(122)105-36-12-21-49(105)63(121)103-46(22-24-50(73)107)54(112)87-35-26-53(110)111/h39-49H,2-37,71-72H2,1H3,(H2,73,107)(H2,74,108)(H,87,112)(H,94,106)(H,95,109)(H,96,113)(H,97,114)(H,98,115)(H,99,116)(H,100,117)(H,101,120)(H,102,118)(H,103,121)(H,104,119)(H,110,111)(H4,75,76,88)(H4,77,78,89)(H4,79,80,90)(H4,81,82,91)(H4,83,84,92)(H4,85,86,93)/t39-,40-,41-,42-,43-,44-,45-,46-,47-,48-,49-/m0/s1. The number of nitrogens with zero attached hydrogens (tertiary/aromatic N) is 1. The summed E-state index contributed by atoms with van der Waals surface area (Å²) in [5, 5.41) is 101. The van der Waals surface area contributed by atoms with E-state index in [2.05, 4.69) is 95.7 Å². The predicted molar refractivity (Wildman–Crippen MR) is 446 cm³/mol. The molecule has 0 saturated carbocycles. The van der Waals surface area contributed by atoms with Crippen LogP contribution in [0.25, 0.3) is 0 Å². The van der Waals surface area contributed by atoms with Gasteiger partial charge in [0.05, 0.1) is 13.0 Å². The van der Waals surface area contributed by atoms with Crippen LogP contribution in [0.2, 0.25) is 0 Å². The molecule has 1 rings (SSSR count). The molecule has 0 aromatic carbocycles. The summed E-state index contributed by atoms with van der Waals surface area (Å²) >= 11 is 0. The molecule has 52 nitrogen and oxygen atoms in total. The Morgan fingerprint density at radius 2 is 0.598 bits per heavy atom. The van der Waals surface area contributed by atoms with Crippen molar-refractivity contribution in [3.05, 3.63) is 0 Å². The number of aliphatic carboxylic acids is 1. The highest BCUT2D eigenvalue weighted by atomic mass is 16.4. The van der Waals surface area contributed by atoms with E-state index in [1.165, 1.54) is 6.92 Å². The highest BCUT2D eigenvalue weighted by Crippen LogP contribution is 2.21. The Morgan fingerprint density at radius 3 is 0.877 bits per heavy atom. The average Bonchev–Trinajstić information content (AvgIpc) is 1.46. The van der Waals surface area contributed by atoms with Gasteiger partial charge in [0.1, 0.15) is 66.5 Å². The van der Waals surface area contributed by atoms with E-state index in [9.17, 15) is 76.7 Å². The maximum absolute atomic E-state index is 14.9. The van der Waals surface area contributed by atoms with Gasteiger partial charge in [0.2, 0.25) is 88.6 Å². The monoisotopic (exact) mass is 1730 g/mol. The molecule has 122 heavy (non-hydrogen) atoms. The first-order valence-electron chi connectivity index (χ1n) is 40.2. The van der Waals surface area contributed by atoms with Crippen LogP contribution in [-0.4, -0.2) is 279 Å². The van der Waals surface area contributed by atoms with E-state index in [0.29, 0.717) is 12.8 Å². The molecule has 0 aromatic heterocycles. The molecule has 0 aliphatic carbocycles. The van der Waals surface area contributed by atoms with Gasteiger partial charge in [-0.3, -0.25) is 109 Å². The Morgan fingerprint density at radius 1 is 0.328 bits per heavy atom. The van der Waals surface area contributed by atoms with Crippen molar-refractivity contribution >= 4 is 130 Å². The van der Waals surface area contributed by atoms with Crippen LogP contribution in [0.15, 0.2) is 0 Å². The Labute approximate surface area is 705 Å². The number of nitrogens with one attached hydrogen (secondary N) is 24. The first-order valence-corrected chi connectivity index (χ1v) is 40.2. The number of rotatable bonds is 64. The molecule has 0 radical (unpaired) electrons. The normalized spacial score (nSPS) is 14.5. The van der Waals surface area contributed by atoms with Crippen molar-refractivity contribution in [1.82, 2.24) is 101 Å². The summed E-state index contributed by atoms with van der Waals surface area (Å²) in [5.41, 5.74) is 55.8. The minimum atomic E-state index is -1.81. The molecule has 0 spiro atoms. The van der Waals surface area contributed by atoms with Crippen LogP contribution >= 0.6 is 0 Å². The van der Waals surface area contributed by atoms with Crippen LogP contribution < -0.4 is 153 Å². The second-order valence-electron chi connectivity index (χ2n) is 28.7. The summed E-state index contributed by atoms with van der Waals surface area (Å²) < 4.78 is 0. The SMILES string of the molecule is CC(=O)NCC(=O)N[C@@H](CCCNC(=N)N)C(=O)N[C@@H](CCCCN)C(=O)N[C@@H](CCCCN)C(=O)N[C@@H](CCCNC(=N)N)C(=O)N[C@@H](CCCNC(=N)N)C(=O)N[C@@H](CCC(N)=O)C(=O)N[C@@H](CCCNC(=N)N)C(=O)N[C@@H](CCCNC(=N)N)C(=O)N[C@@H](CCCNC(=N)N)C(=O)N1CCC[C@H]1C(=O)N[C@@H](CCC(N)=O)C(=O)NCCC(=O)O. The molecule has 52 heteroatoms. The van der Waals surface area contributed by atoms with E-state index in [1.807, 2.05) is 0 Å². The molecule has 1 fully saturated rings. The van der Waals surface area contributed by atoms with Crippen molar-refractivity contribution in [3.8, 4) is 0 Å². The van der Waals surface area contributed by atoms with Gasteiger partial charge in [-0.1, -0.05) is 0 Å². The first kappa shape index (κ1) is 107. The number of hydrogen-bond donors (Lipinski definition) is 35. The van der Waals surface area contributed by atoms with E-state index in [4.69, 9.17) is 94.9 Å². The number of primary amides is 2. The third kappa shape index (κ3) is 48.2. The van der Waals surface area contributed by atoms with Gasteiger partial charge in [0, 0.05) is 72.1 Å². The van der Waals surface area contributed by atoms with Crippen LogP contribution in [-0.2, 0) is 76.7 Å². The maximum Gasteiger partial charge on any atom is 0.305 e. The largest absolute Gasteiger partial charge is 0.481 e. The zero-order valence-corrected chi connectivity index (χ0v) is 69.0. The van der Waals surface area contributed by atoms with Crippen LogP contribution in [0, 0.1) is 32.5 Å². The van der Waals surface area contributed by atoms with Crippen LogP contribution in [0.1, 0.15) is 167 Å². The molecule has 688 valence electrons. The topological polar surface area (TPSA) is 916 Å². The smallest absolute Gasteiger partial charge is 0.305 e. The van der Waals surface area contributed by atoms with Gasteiger partial charge in [0.25, 0.3) is 0 Å². The van der Waals surface area contributed by atoms with Gasteiger partial charge in [-0.25, -0.2) is 0 Å². The summed E-state index contributed by atoms with van der Waals surface area (Å²) in [4.78, 5) is 221. The Kier molecular flexibility index (Phi) is 53.1. The fourth-order valence-electron chi connectivity index (χ4n) is 12.2. The molecule has 1 aliphatic heterocycles. The minimum absolute atomic E-state index is 0.000364. The fourth-order valence-corrected chi connectivity index (χ4v) is 12.2. The third-order valence-electron chi connectivity index (χ3n) is 18.5. The lowest BCUT2D eigenvalue weighted by Crippen LogP contribution is -2.61. The number of carbonyl (C=O) groups excluding carboxylic acids is 15. The van der Waals surface area contributed by atoms with Crippen molar-refractivity contribution in [1.29, 1.82) is 32.5 Å². The summed E-state index contributed by atoms with van der Waals surface area (Å²) in [6.45, 7) is 0.429. The van der Waals surface area contributed by atoms with Crippen molar-refractivity contribution < 1.29 is 81.8 Å². The third-order valence-corrected chi connectivity index (χ3v) is 18.5. The maximum atomic E-state index is 14.9. The number of nitrogens with two attached hydrogens (primary N) is 10. The first-order chi connectivity index (χ1) is 57.7. The molecule has 11 atom stereocenters. The van der Waals surface area contributed by atoms with E-state index in [-0.39, 0.29) is 200 Å². The lowest BCUT2D eigenvalue weighted by Gasteiger charge is -2.31. The molecule has 45 N–H and O–H groups in total. The molecular formula is C70H131N35O17. The number of unbranched alkanes of at least 4 members (excludes halogenated alkanes) is 2. The van der Waals surface area contributed by atoms with Gasteiger partial charge in [-0.2, -0.15) is 0 Å². The highest BCUT2D eigenvalue weighted by molar-refractivity contribution is 6.00. The van der Waals surface area contributed by atoms with Crippen molar-refractivity contribution in [3.63, 3.8) is 0 Å². The predicted octanol–water partition coefficient (Wildman–Crippen LogP) is -12.1. The van der Waals surface area contributed by atoms with Crippen molar-refractivity contribution in [2.75, 3.05) is 72.0 Å². The van der Waals surface area contributed by atoms with E-state index in [1.54, 1.807) is 0 Å². The van der Waals surface area contributed by atoms with Gasteiger partial charge in [-0.05, 0) is 154 Å². The van der Waals surface area contributed by atoms with E-state index >= 15 is 0 Å². The number of guanidine groups is 6. The molecule has 1 heterocycles. The zero-order chi connectivity index (χ0) is 91.8. The summed E-state index contributed by atoms with van der Waals surface area (Å²) in [6.07, 6.45) is -2.32. The van der Waals surface area contributed by atoms with Gasteiger partial charge < -0.3 is 163 Å². The number of carboxylic acid groups (broad SMARTS) is 1. The van der Waals surface area contributed by atoms with Crippen molar-refractivity contribution in [2.45, 2.75) is 234 Å². The number of amides is 15. The Balaban J connectivity index is 4.06. The number of carbonyl (C=O) groups is 16. The number of carboxylic acids is 1. The Hall–Kier alpha value is -12.9. The van der Waals surface area contributed by atoms with Gasteiger partial charge in [-0.15, -0.1) is 0 Å². The fraction of sp³-hybridized carbons (Fsp3) is 0.686. The molecular weight excluding hydrogens is 1600 g/mol. The molecule has 1 saturated heterocycles. The second-order valence-corrected chi connectivity index (χ2v) is 28.7. The lowest BCUT2D eigenvalue weighted by molar-refractivity contribution is -0.142. The molecule has 15 amide bonds. The summed E-state index contributed by atoms with van der Waals surface area (Å²) in [7, 11) is 0. The molecule has 0 aromatic rings. The summed E-state index contributed by atoms with van der Waals surface area (Å²) in [5.74, 6) is -17.6. The Bertz CT molecular complexity index is 3540. The molecule has 0 unspecified atom stereocenters. The van der Waals surface area contributed by atoms with E-state index < -0.39 is 217 Å². The van der Waals surface area contributed by atoms with Crippen LogP contribution in [0.3, 0.4) is 0 Å². The van der Waals surface area contributed by atoms with Crippen molar-refractivity contribution in [2.24, 2.45) is 57.3 Å². The van der Waals surface area contributed by atoms with Crippen LogP contribution in [0.5, 0.6) is 0 Å². The number of hydrogen-bond acceptors (Lipinski definition) is 24. The molecule has 0 bridgehead atoms. The average molecular weight is 1740 g/mol. The summed E-state index contributed by atoms with van der Waals surface area (Å²) in [6, 6.07) is -16.8. The van der Waals surface area contributed by atoms with Gasteiger partial charge >= 0.3 is 5.97 Å². The van der Waals surface area contributed by atoms with Gasteiger partial charge in [0.15, 0.2) is 35.8 Å². The lowest BCUT2D eigenvalue weighted by atomic mass is 10.0. The highest BCUT2D eigenvalue weighted by Gasteiger charge is 2.41. The van der Waals surface area contributed by atoms with E-state index in [0.717, 1.165) is 4.90 Å². The number of likely N-dealkylation sites (tertiary alicyclic amines) is 1.